The second-order valence-corrected chi connectivity index (χ2v) is 3.86. The molecule has 0 heterocycles. The van der Waals surface area contributed by atoms with Crippen molar-refractivity contribution < 1.29 is 9.47 Å². The Labute approximate surface area is 107 Å². The summed E-state index contributed by atoms with van der Waals surface area (Å²) in [5, 5.41) is 0. The molecule has 0 aliphatic carbocycles. The van der Waals surface area contributed by atoms with Crippen LogP contribution in [0.3, 0.4) is 0 Å². The Morgan fingerprint density at radius 3 is 1.53 bits per heavy atom. The lowest BCUT2D eigenvalue weighted by Gasteiger charge is -1.99. The third-order valence-electron chi connectivity index (χ3n) is 1.98. The fourth-order valence-corrected chi connectivity index (χ4v) is 0.966. The highest BCUT2D eigenvalue weighted by molar-refractivity contribution is 4.36. The average molecular weight is 248 g/mol. The molecule has 0 amide bonds. The first kappa shape index (κ1) is 19.2. The van der Waals surface area contributed by atoms with Gasteiger partial charge in [-0.15, -0.1) is 0 Å². The van der Waals surface area contributed by atoms with Crippen LogP contribution < -0.4 is 11.5 Å². The highest BCUT2D eigenvalue weighted by Crippen LogP contribution is 1.88. The predicted octanol–water partition coefficient (Wildman–Crippen LogP) is 1.91. The first-order valence-corrected chi connectivity index (χ1v) is 6.89. The van der Waals surface area contributed by atoms with Crippen LogP contribution in [0.1, 0.15) is 46.0 Å². The molecule has 4 heteroatoms. The zero-order valence-corrected chi connectivity index (χ0v) is 11.7. The molecule has 0 saturated heterocycles. The van der Waals surface area contributed by atoms with Gasteiger partial charge >= 0.3 is 0 Å². The SMILES string of the molecule is CCCCOCCCN.CCCOCCCN. The van der Waals surface area contributed by atoms with Crippen LogP contribution in [0.5, 0.6) is 0 Å². The molecule has 0 aliphatic rings. The summed E-state index contributed by atoms with van der Waals surface area (Å²) in [5.74, 6) is 0. The Kier molecular flexibility index (Phi) is 23.9. The van der Waals surface area contributed by atoms with Crippen LogP contribution in [0.25, 0.3) is 0 Å². The second kappa shape index (κ2) is 21.2. The molecule has 0 rings (SSSR count). The van der Waals surface area contributed by atoms with Gasteiger partial charge in [-0.05, 0) is 38.8 Å². The Hall–Kier alpha value is -0.160. The Morgan fingerprint density at radius 1 is 0.647 bits per heavy atom. The van der Waals surface area contributed by atoms with Crippen LogP contribution in [-0.4, -0.2) is 39.5 Å². The quantitative estimate of drug-likeness (QED) is 0.548. The van der Waals surface area contributed by atoms with Crippen molar-refractivity contribution in [2.45, 2.75) is 46.0 Å². The molecule has 0 bridgehead atoms. The Bertz CT molecular complexity index is 102. The fraction of sp³-hybridized carbons (Fsp3) is 1.00. The first-order valence-electron chi connectivity index (χ1n) is 6.89. The van der Waals surface area contributed by atoms with E-state index in [1.807, 2.05) is 0 Å². The molecule has 4 N–H and O–H groups in total. The monoisotopic (exact) mass is 248 g/mol. The van der Waals surface area contributed by atoms with Gasteiger partial charge in [-0.1, -0.05) is 20.3 Å². The highest BCUT2D eigenvalue weighted by Gasteiger charge is 1.84. The molecule has 0 aromatic heterocycles. The lowest BCUT2D eigenvalue weighted by Crippen LogP contribution is -2.04. The van der Waals surface area contributed by atoms with Crippen molar-refractivity contribution in [3.8, 4) is 0 Å². The van der Waals surface area contributed by atoms with E-state index >= 15 is 0 Å². The van der Waals surface area contributed by atoms with E-state index in [1.165, 1.54) is 12.8 Å². The number of unbranched alkanes of at least 4 members (excludes halogenated alkanes) is 1. The summed E-state index contributed by atoms with van der Waals surface area (Å²) in [5.41, 5.74) is 10.5. The zero-order valence-electron chi connectivity index (χ0n) is 11.7. The van der Waals surface area contributed by atoms with Crippen molar-refractivity contribution in [3.05, 3.63) is 0 Å². The minimum absolute atomic E-state index is 0.740. The summed E-state index contributed by atoms with van der Waals surface area (Å²) in [7, 11) is 0. The van der Waals surface area contributed by atoms with Crippen LogP contribution in [0.15, 0.2) is 0 Å². The molecule has 4 nitrogen and oxygen atoms in total. The topological polar surface area (TPSA) is 70.5 Å². The molecule has 106 valence electrons. The van der Waals surface area contributed by atoms with Crippen molar-refractivity contribution in [2.24, 2.45) is 11.5 Å². The fourth-order valence-electron chi connectivity index (χ4n) is 0.966. The zero-order chi connectivity index (χ0) is 13.2. The smallest absolute Gasteiger partial charge is 0.0478 e. The van der Waals surface area contributed by atoms with Gasteiger partial charge in [0.05, 0.1) is 0 Å². The van der Waals surface area contributed by atoms with Crippen molar-refractivity contribution in [1.82, 2.24) is 0 Å². The minimum Gasteiger partial charge on any atom is -0.381 e. The molecule has 17 heavy (non-hydrogen) atoms. The van der Waals surface area contributed by atoms with E-state index in [0.29, 0.717) is 0 Å². The van der Waals surface area contributed by atoms with Crippen molar-refractivity contribution in [2.75, 3.05) is 39.5 Å². The second-order valence-electron chi connectivity index (χ2n) is 3.86. The van der Waals surface area contributed by atoms with Crippen molar-refractivity contribution in [3.63, 3.8) is 0 Å². The van der Waals surface area contributed by atoms with Crippen molar-refractivity contribution >= 4 is 0 Å². The van der Waals surface area contributed by atoms with E-state index in [-0.39, 0.29) is 0 Å². The average Bonchev–Trinajstić information content (AvgIpc) is 2.36. The third-order valence-corrected chi connectivity index (χ3v) is 1.98. The first-order chi connectivity index (χ1) is 8.33. The predicted molar refractivity (Wildman–Crippen MR) is 74.2 cm³/mol. The lowest BCUT2D eigenvalue weighted by molar-refractivity contribution is 0.130. The minimum atomic E-state index is 0.740. The molecular formula is C13H32N2O2. The molecule has 0 unspecified atom stereocenters. The van der Waals surface area contributed by atoms with Crippen molar-refractivity contribution in [1.29, 1.82) is 0 Å². The molecule has 0 fully saturated rings. The Morgan fingerprint density at radius 2 is 1.12 bits per heavy atom. The van der Waals surface area contributed by atoms with Gasteiger partial charge in [0.25, 0.3) is 0 Å². The maximum atomic E-state index is 5.26. The summed E-state index contributed by atoms with van der Waals surface area (Å²) in [6.45, 7) is 9.17. The normalized spacial score (nSPS) is 9.88. The number of hydrogen-bond acceptors (Lipinski definition) is 4. The van der Waals surface area contributed by atoms with Gasteiger partial charge in [0.15, 0.2) is 0 Å². The highest BCUT2D eigenvalue weighted by atomic mass is 16.5. The van der Waals surface area contributed by atoms with Gasteiger partial charge in [0.2, 0.25) is 0 Å². The Balaban J connectivity index is 0. The summed E-state index contributed by atoms with van der Waals surface area (Å²) < 4.78 is 10.4. The van der Waals surface area contributed by atoms with E-state index < -0.39 is 0 Å². The van der Waals surface area contributed by atoms with Crippen LogP contribution >= 0.6 is 0 Å². The molecule has 0 atom stereocenters. The van der Waals surface area contributed by atoms with Crippen LogP contribution in [0.4, 0.5) is 0 Å². The lowest BCUT2D eigenvalue weighted by atomic mass is 10.4. The van der Waals surface area contributed by atoms with Crippen LogP contribution in [0, 0.1) is 0 Å². The van der Waals surface area contributed by atoms with E-state index in [0.717, 1.165) is 58.8 Å². The van der Waals surface area contributed by atoms with Gasteiger partial charge in [0.1, 0.15) is 0 Å². The largest absolute Gasteiger partial charge is 0.381 e. The molecule has 0 aromatic carbocycles. The standard InChI is InChI=1S/C7H17NO.C6H15NO/c1-2-3-6-9-7-4-5-8;1-2-5-8-6-3-4-7/h2-8H2,1H3;2-7H2,1H3. The van der Waals surface area contributed by atoms with Gasteiger partial charge in [0, 0.05) is 26.4 Å². The van der Waals surface area contributed by atoms with Crippen LogP contribution in [-0.2, 0) is 9.47 Å². The van der Waals surface area contributed by atoms with Crippen LogP contribution in [0.2, 0.25) is 0 Å². The van der Waals surface area contributed by atoms with E-state index in [9.17, 15) is 0 Å². The maximum absolute atomic E-state index is 5.26. The summed E-state index contributed by atoms with van der Waals surface area (Å²) in [6.07, 6.45) is 5.46. The van der Waals surface area contributed by atoms with E-state index in [4.69, 9.17) is 20.9 Å². The van der Waals surface area contributed by atoms with Gasteiger partial charge in [-0.2, -0.15) is 0 Å². The van der Waals surface area contributed by atoms with Gasteiger partial charge in [-0.3, -0.25) is 0 Å². The van der Waals surface area contributed by atoms with E-state index in [1.54, 1.807) is 0 Å². The number of hydrogen-bond donors (Lipinski definition) is 2. The number of nitrogens with two attached hydrogens (primary N) is 2. The molecular weight excluding hydrogens is 216 g/mol. The van der Waals surface area contributed by atoms with Gasteiger partial charge in [-0.25, -0.2) is 0 Å². The summed E-state index contributed by atoms with van der Waals surface area (Å²) in [6, 6.07) is 0. The van der Waals surface area contributed by atoms with Gasteiger partial charge < -0.3 is 20.9 Å². The molecule has 0 radical (unpaired) electrons. The number of ether oxygens (including phenoxy) is 2. The molecule has 0 aliphatic heterocycles. The molecule has 0 spiro atoms. The maximum Gasteiger partial charge on any atom is 0.0478 e. The third kappa shape index (κ3) is 25.8. The number of rotatable bonds is 11. The summed E-state index contributed by atoms with van der Waals surface area (Å²) >= 11 is 0. The van der Waals surface area contributed by atoms with E-state index in [2.05, 4.69) is 13.8 Å². The molecule has 0 saturated carbocycles. The summed E-state index contributed by atoms with van der Waals surface area (Å²) in [4.78, 5) is 0. The molecule has 0 aromatic rings.